The first-order chi connectivity index (χ1) is 13.2. The average Bonchev–Trinajstić information content (AvgIpc) is 2.66. The van der Waals surface area contributed by atoms with Crippen LogP contribution in [0.4, 0.5) is 5.69 Å². The molecule has 2 aromatic rings. The molecule has 0 unspecified atom stereocenters. The summed E-state index contributed by atoms with van der Waals surface area (Å²) in [5.41, 5.74) is 1.47. The Morgan fingerprint density at radius 1 is 1.11 bits per heavy atom. The van der Waals surface area contributed by atoms with Gasteiger partial charge in [0.05, 0.1) is 19.1 Å². The third-order valence-electron chi connectivity index (χ3n) is 4.11. The molecule has 2 rings (SSSR count). The first-order valence-electron chi connectivity index (χ1n) is 8.55. The molecule has 0 heterocycles. The van der Waals surface area contributed by atoms with Crippen molar-refractivity contribution in [1.29, 1.82) is 0 Å². The highest BCUT2D eigenvalue weighted by atomic mass is 32.2. The number of methoxy groups -OCH3 is 2. The van der Waals surface area contributed by atoms with Gasteiger partial charge in [-0.15, -0.1) is 0 Å². The average molecular weight is 407 g/mol. The lowest BCUT2D eigenvalue weighted by molar-refractivity contribution is -0.116. The van der Waals surface area contributed by atoms with Crippen LogP contribution >= 0.6 is 0 Å². The van der Waals surface area contributed by atoms with Gasteiger partial charge in [0.25, 0.3) is 0 Å². The minimum absolute atomic E-state index is 0.00234. The Morgan fingerprint density at radius 2 is 1.79 bits per heavy atom. The van der Waals surface area contributed by atoms with E-state index in [1.807, 2.05) is 30.1 Å². The van der Waals surface area contributed by atoms with Crippen molar-refractivity contribution in [3.63, 3.8) is 0 Å². The fraction of sp³-hybridized carbons (Fsp3) is 0.316. The molecule has 3 N–H and O–H groups in total. The molecular weight excluding hydrogens is 382 g/mol. The van der Waals surface area contributed by atoms with Crippen LogP contribution in [-0.4, -0.2) is 47.0 Å². The summed E-state index contributed by atoms with van der Waals surface area (Å²) >= 11 is 0. The van der Waals surface area contributed by atoms with Gasteiger partial charge in [-0.2, -0.15) is 0 Å². The molecule has 0 bridgehead atoms. The Hall–Kier alpha value is -2.62. The summed E-state index contributed by atoms with van der Waals surface area (Å²) in [6.45, 7) is 1.12. The Morgan fingerprint density at radius 3 is 2.36 bits per heavy atom. The van der Waals surface area contributed by atoms with Crippen LogP contribution in [0, 0.1) is 0 Å². The molecule has 0 saturated heterocycles. The van der Waals surface area contributed by atoms with Crippen LogP contribution in [0.3, 0.4) is 0 Å². The zero-order valence-corrected chi connectivity index (χ0v) is 17.0. The zero-order chi connectivity index (χ0) is 20.7. The van der Waals surface area contributed by atoms with Gasteiger partial charge < -0.3 is 19.7 Å². The highest BCUT2D eigenvalue weighted by Gasteiger charge is 2.13. The van der Waals surface area contributed by atoms with Crippen molar-refractivity contribution in [3.05, 3.63) is 48.0 Å². The largest absolute Gasteiger partial charge is 0.493 e. The van der Waals surface area contributed by atoms with Crippen molar-refractivity contribution < 1.29 is 22.7 Å². The Balaban J connectivity index is 1.89. The smallest absolute Gasteiger partial charge is 0.238 e. The second-order valence-electron chi connectivity index (χ2n) is 6.26. The first-order valence-corrected chi connectivity index (χ1v) is 10.1. The lowest BCUT2D eigenvalue weighted by atomic mass is 10.1. The molecule has 0 saturated carbocycles. The molecule has 0 aliphatic carbocycles. The molecule has 0 fully saturated rings. The monoisotopic (exact) mass is 407 g/mol. The predicted molar refractivity (Wildman–Crippen MR) is 107 cm³/mol. The number of sulfonamides is 1. The van der Waals surface area contributed by atoms with Crippen LogP contribution in [0.25, 0.3) is 0 Å². The number of amides is 1. The van der Waals surface area contributed by atoms with Crippen LogP contribution < -0.4 is 19.9 Å². The van der Waals surface area contributed by atoms with E-state index in [0.717, 1.165) is 5.56 Å². The quantitative estimate of drug-likeness (QED) is 0.656. The second kappa shape index (κ2) is 9.54. The number of hydrogen-bond acceptors (Lipinski definition) is 6. The minimum atomic E-state index is -3.75. The van der Waals surface area contributed by atoms with E-state index >= 15 is 0 Å². The van der Waals surface area contributed by atoms with Gasteiger partial charge in [0.2, 0.25) is 15.9 Å². The summed E-state index contributed by atoms with van der Waals surface area (Å²) in [4.78, 5) is 14.1. The summed E-state index contributed by atoms with van der Waals surface area (Å²) in [6.07, 6.45) is 0.278. The Labute approximate surface area is 165 Å². The number of para-hydroxylation sites is 1. The van der Waals surface area contributed by atoms with Gasteiger partial charge in [0.1, 0.15) is 0 Å². The summed E-state index contributed by atoms with van der Waals surface area (Å²) < 4.78 is 33.2. The SMILES string of the molecule is COc1cccc(CN(C)CCC(=O)Nc2ccc(S(N)(=O)=O)cc2)c1OC. The molecule has 0 aliphatic heterocycles. The molecule has 1 amide bonds. The molecule has 0 atom stereocenters. The fourth-order valence-corrected chi connectivity index (χ4v) is 3.21. The van der Waals surface area contributed by atoms with Gasteiger partial charge in [0.15, 0.2) is 11.5 Å². The number of benzene rings is 2. The third kappa shape index (κ3) is 5.95. The number of nitrogens with two attached hydrogens (primary N) is 1. The first kappa shape index (κ1) is 21.7. The van der Waals surface area contributed by atoms with Gasteiger partial charge in [-0.3, -0.25) is 4.79 Å². The zero-order valence-electron chi connectivity index (χ0n) is 16.1. The van der Waals surface area contributed by atoms with Crippen molar-refractivity contribution in [2.45, 2.75) is 17.9 Å². The second-order valence-corrected chi connectivity index (χ2v) is 7.82. The number of carbonyl (C=O) groups is 1. The van der Waals surface area contributed by atoms with Crippen LogP contribution in [0.15, 0.2) is 47.4 Å². The highest BCUT2D eigenvalue weighted by molar-refractivity contribution is 7.89. The maximum Gasteiger partial charge on any atom is 0.238 e. The fourth-order valence-electron chi connectivity index (χ4n) is 2.69. The van der Waals surface area contributed by atoms with Crippen LogP contribution in [0.1, 0.15) is 12.0 Å². The molecule has 0 aliphatic rings. The highest BCUT2D eigenvalue weighted by Crippen LogP contribution is 2.31. The van der Waals surface area contributed by atoms with Crippen molar-refractivity contribution in [3.8, 4) is 11.5 Å². The molecule has 28 heavy (non-hydrogen) atoms. The number of hydrogen-bond donors (Lipinski definition) is 2. The number of carbonyl (C=O) groups excluding carboxylic acids is 1. The van der Waals surface area contributed by atoms with Crippen molar-refractivity contribution in [2.75, 3.05) is 33.1 Å². The topological polar surface area (TPSA) is 111 Å². The van der Waals surface area contributed by atoms with E-state index in [4.69, 9.17) is 14.6 Å². The predicted octanol–water partition coefficient (Wildman–Crippen LogP) is 1.81. The normalized spacial score (nSPS) is 11.3. The van der Waals surface area contributed by atoms with E-state index in [0.29, 0.717) is 30.3 Å². The standard InChI is InChI=1S/C19H25N3O5S/c1-22(13-14-5-4-6-17(26-2)19(14)27-3)12-11-18(23)21-15-7-9-16(10-8-15)28(20,24)25/h4-10H,11-13H2,1-3H3,(H,21,23)(H2,20,24,25). The molecule has 8 nitrogen and oxygen atoms in total. The minimum Gasteiger partial charge on any atom is -0.493 e. The van der Waals surface area contributed by atoms with Gasteiger partial charge >= 0.3 is 0 Å². The van der Waals surface area contributed by atoms with E-state index in [9.17, 15) is 13.2 Å². The maximum absolute atomic E-state index is 12.1. The Bertz CT molecular complexity index is 914. The number of nitrogens with one attached hydrogen (secondary N) is 1. The lowest BCUT2D eigenvalue weighted by Crippen LogP contribution is -2.24. The van der Waals surface area contributed by atoms with Gasteiger partial charge in [-0.1, -0.05) is 12.1 Å². The maximum atomic E-state index is 12.1. The molecule has 0 aromatic heterocycles. The van der Waals surface area contributed by atoms with Crippen LogP contribution in [0.5, 0.6) is 11.5 Å². The van der Waals surface area contributed by atoms with Crippen LogP contribution in [0.2, 0.25) is 0 Å². The van der Waals surface area contributed by atoms with E-state index in [1.54, 1.807) is 14.2 Å². The summed E-state index contributed by atoms with van der Waals surface area (Å²) in [5.74, 6) is 1.16. The Kier molecular flexibility index (Phi) is 7.38. The summed E-state index contributed by atoms with van der Waals surface area (Å²) in [7, 11) is 1.34. The number of ether oxygens (including phenoxy) is 2. The number of primary sulfonamides is 1. The summed E-state index contributed by atoms with van der Waals surface area (Å²) in [5, 5.41) is 7.79. The van der Waals surface area contributed by atoms with Gasteiger partial charge in [-0.25, -0.2) is 13.6 Å². The lowest BCUT2D eigenvalue weighted by Gasteiger charge is -2.19. The molecule has 152 valence electrons. The molecule has 2 aromatic carbocycles. The van der Waals surface area contributed by atoms with Crippen molar-refractivity contribution in [2.24, 2.45) is 5.14 Å². The van der Waals surface area contributed by atoms with Crippen LogP contribution in [-0.2, 0) is 21.4 Å². The molecule has 0 spiro atoms. The molecule has 9 heteroatoms. The van der Waals surface area contributed by atoms with Crippen molar-refractivity contribution in [1.82, 2.24) is 4.90 Å². The number of rotatable bonds is 9. The third-order valence-corrected chi connectivity index (χ3v) is 5.04. The molecule has 0 radical (unpaired) electrons. The van der Waals surface area contributed by atoms with E-state index < -0.39 is 10.0 Å². The van der Waals surface area contributed by atoms with E-state index in [2.05, 4.69) is 5.32 Å². The van der Waals surface area contributed by atoms with E-state index in [-0.39, 0.29) is 17.2 Å². The van der Waals surface area contributed by atoms with E-state index in [1.165, 1.54) is 24.3 Å². The van der Waals surface area contributed by atoms with Gasteiger partial charge in [-0.05, 0) is 37.4 Å². The van der Waals surface area contributed by atoms with Gasteiger partial charge in [0, 0.05) is 30.8 Å². The number of anilines is 1. The van der Waals surface area contributed by atoms with Crippen molar-refractivity contribution >= 4 is 21.6 Å². The number of nitrogens with zero attached hydrogens (tertiary/aromatic N) is 1. The molecular formula is C19H25N3O5S. The summed E-state index contributed by atoms with van der Waals surface area (Å²) in [6, 6.07) is 11.4.